The summed E-state index contributed by atoms with van der Waals surface area (Å²) in [5.74, 6) is -5.16. The maximum absolute atomic E-state index is 13.2. The molecule has 3 aromatic rings. The fraction of sp³-hybridized carbons (Fsp3) is 0.318. The average molecular weight is 493 g/mol. The Kier molecular flexibility index (Phi) is 6.41. The number of fused-ring (bicyclic) bond motifs is 1. The number of alkyl halides is 4. The summed E-state index contributed by atoms with van der Waals surface area (Å²) in [5, 5.41) is 2.62. The summed E-state index contributed by atoms with van der Waals surface area (Å²) in [7, 11) is 0. The highest BCUT2D eigenvalue weighted by Gasteiger charge is 2.42. The largest absolute Gasteiger partial charge is 0.471 e. The number of nitrogens with one attached hydrogen (secondary N) is 1. The lowest BCUT2D eigenvalue weighted by Crippen LogP contribution is -2.34. The van der Waals surface area contributed by atoms with Crippen molar-refractivity contribution in [3.8, 4) is 5.88 Å². The first kappa shape index (κ1) is 24.1. The van der Waals surface area contributed by atoms with Crippen molar-refractivity contribution in [2.24, 2.45) is 0 Å². The normalized spacial score (nSPS) is 14.3. The fourth-order valence-corrected chi connectivity index (χ4v) is 3.54. The molecule has 184 valence electrons. The van der Waals surface area contributed by atoms with E-state index in [0.29, 0.717) is 22.3 Å². The standard InChI is InChI=1S/C22H19F4N5O4/c1-11-5-13(6-28-19(11)35-9-22(25,26)21(23)24)12(2)31-7-15-14(20(31)33)3-4-27-17(15)30-18(32)16-8-34-10-29-16/h3-6,8,10,12,21H,7,9H2,1-2H3,(H,27,30,32). The molecule has 0 bridgehead atoms. The van der Waals surface area contributed by atoms with Crippen LogP contribution in [0.5, 0.6) is 5.88 Å². The monoisotopic (exact) mass is 493 g/mol. The molecule has 0 saturated carbocycles. The van der Waals surface area contributed by atoms with Crippen LogP contribution in [0, 0.1) is 6.92 Å². The third-order valence-electron chi connectivity index (χ3n) is 5.49. The van der Waals surface area contributed by atoms with E-state index in [1.165, 1.54) is 30.5 Å². The molecule has 1 unspecified atom stereocenters. The number of hydrogen-bond donors (Lipinski definition) is 1. The molecule has 1 aliphatic rings. The first-order chi connectivity index (χ1) is 16.6. The van der Waals surface area contributed by atoms with E-state index >= 15 is 0 Å². The Labute approximate surface area is 196 Å². The van der Waals surface area contributed by atoms with Crippen LogP contribution in [-0.2, 0) is 6.54 Å². The maximum atomic E-state index is 13.2. The van der Waals surface area contributed by atoms with Gasteiger partial charge in [-0.25, -0.2) is 23.7 Å². The van der Waals surface area contributed by atoms with Crippen molar-refractivity contribution in [3.05, 3.63) is 65.1 Å². The molecule has 4 rings (SSSR count). The van der Waals surface area contributed by atoms with E-state index in [9.17, 15) is 27.2 Å². The van der Waals surface area contributed by atoms with Gasteiger partial charge in [-0.2, -0.15) is 8.78 Å². The lowest BCUT2D eigenvalue weighted by molar-refractivity contribution is -0.148. The highest BCUT2D eigenvalue weighted by molar-refractivity contribution is 6.05. The summed E-state index contributed by atoms with van der Waals surface area (Å²) in [6.45, 7) is 1.90. The highest BCUT2D eigenvalue weighted by atomic mass is 19.3. The number of carbonyl (C=O) groups is 2. The van der Waals surface area contributed by atoms with Crippen molar-refractivity contribution in [1.82, 2.24) is 19.9 Å². The van der Waals surface area contributed by atoms with Gasteiger partial charge in [0, 0.05) is 29.1 Å². The quantitative estimate of drug-likeness (QED) is 0.472. The Balaban J connectivity index is 1.50. The summed E-state index contributed by atoms with van der Waals surface area (Å²) in [5.41, 5.74) is 1.83. The van der Waals surface area contributed by atoms with Crippen LogP contribution in [0.2, 0.25) is 0 Å². The predicted molar refractivity (Wildman–Crippen MR) is 112 cm³/mol. The second kappa shape index (κ2) is 9.31. The van der Waals surface area contributed by atoms with Crippen LogP contribution >= 0.6 is 0 Å². The van der Waals surface area contributed by atoms with E-state index in [1.807, 2.05) is 0 Å². The number of ether oxygens (including phenoxy) is 1. The molecule has 1 aliphatic heterocycles. The summed E-state index contributed by atoms with van der Waals surface area (Å²) in [4.78, 5) is 38.8. The van der Waals surface area contributed by atoms with Gasteiger partial charge in [0.15, 0.2) is 18.7 Å². The number of rotatable bonds is 8. The van der Waals surface area contributed by atoms with Gasteiger partial charge < -0.3 is 19.4 Å². The molecule has 13 heteroatoms. The lowest BCUT2D eigenvalue weighted by atomic mass is 10.1. The number of aryl methyl sites for hydroxylation is 1. The number of pyridine rings is 2. The molecular weight excluding hydrogens is 474 g/mol. The Morgan fingerprint density at radius 2 is 2.09 bits per heavy atom. The van der Waals surface area contributed by atoms with Crippen molar-refractivity contribution in [1.29, 1.82) is 0 Å². The van der Waals surface area contributed by atoms with Crippen LogP contribution < -0.4 is 10.1 Å². The zero-order chi connectivity index (χ0) is 25.3. The summed E-state index contributed by atoms with van der Waals surface area (Å²) >= 11 is 0. The number of amides is 2. The zero-order valence-corrected chi connectivity index (χ0v) is 18.5. The van der Waals surface area contributed by atoms with Gasteiger partial charge in [0.05, 0.1) is 12.6 Å². The van der Waals surface area contributed by atoms with E-state index in [-0.39, 0.29) is 29.8 Å². The molecule has 1 N–H and O–H groups in total. The third kappa shape index (κ3) is 4.79. The van der Waals surface area contributed by atoms with E-state index in [1.54, 1.807) is 19.1 Å². The van der Waals surface area contributed by atoms with E-state index < -0.39 is 30.9 Å². The fourth-order valence-electron chi connectivity index (χ4n) is 3.54. The van der Waals surface area contributed by atoms with Crippen molar-refractivity contribution in [3.63, 3.8) is 0 Å². The van der Waals surface area contributed by atoms with Gasteiger partial charge in [-0.3, -0.25) is 9.59 Å². The van der Waals surface area contributed by atoms with Gasteiger partial charge in [0.2, 0.25) is 5.88 Å². The molecule has 1 atom stereocenters. The van der Waals surface area contributed by atoms with Crippen LogP contribution in [0.4, 0.5) is 23.4 Å². The van der Waals surface area contributed by atoms with Gasteiger partial charge >= 0.3 is 12.3 Å². The van der Waals surface area contributed by atoms with E-state index in [4.69, 9.17) is 9.15 Å². The average Bonchev–Trinajstić information content (AvgIpc) is 3.47. The first-order valence-electron chi connectivity index (χ1n) is 10.3. The summed E-state index contributed by atoms with van der Waals surface area (Å²) in [6, 6.07) is 2.62. The summed E-state index contributed by atoms with van der Waals surface area (Å²) in [6.07, 6.45) is 1.16. The molecule has 9 nitrogen and oxygen atoms in total. The smallest absolute Gasteiger partial charge is 0.340 e. The van der Waals surface area contributed by atoms with Gasteiger partial charge in [0.25, 0.3) is 11.8 Å². The molecule has 3 aromatic heterocycles. The molecule has 2 amide bonds. The van der Waals surface area contributed by atoms with Crippen LogP contribution in [0.25, 0.3) is 0 Å². The third-order valence-corrected chi connectivity index (χ3v) is 5.49. The number of aromatic nitrogens is 3. The highest BCUT2D eigenvalue weighted by Crippen LogP contribution is 2.35. The molecule has 0 aliphatic carbocycles. The molecular formula is C22H19F4N5O4. The maximum Gasteiger partial charge on any atom is 0.340 e. The molecule has 0 saturated heterocycles. The Bertz CT molecular complexity index is 1250. The number of carbonyl (C=O) groups excluding carboxylic acids is 2. The molecule has 0 fully saturated rings. The second-order valence-electron chi connectivity index (χ2n) is 7.86. The molecule has 0 aromatic carbocycles. The van der Waals surface area contributed by atoms with Crippen molar-refractivity contribution >= 4 is 17.6 Å². The number of anilines is 1. The van der Waals surface area contributed by atoms with Gasteiger partial charge in [-0.05, 0) is 31.5 Å². The van der Waals surface area contributed by atoms with Crippen LogP contribution in [0.15, 0.2) is 41.6 Å². The molecule has 4 heterocycles. The topological polar surface area (TPSA) is 110 Å². The zero-order valence-electron chi connectivity index (χ0n) is 18.5. The molecule has 0 radical (unpaired) electrons. The Hall–Kier alpha value is -4.03. The predicted octanol–water partition coefficient (Wildman–Crippen LogP) is 4.02. The van der Waals surface area contributed by atoms with Crippen molar-refractivity contribution in [2.75, 3.05) is 11.9 Å². The van der Waals surface area contributed by atoms with Gasteiger partial charge in [-0.1, -0.05) is 0 Å². The van der Waals surface area contributed by atoms with Crippen molar-refractivity contribution in [2.45, 2.75) is 38.8 Å². The van der Waals surface area contributed by atoms with Gasteiger partial charge in [-0.15, -0.1) is 0 Å². The first-order valence-corrected chi connectivity index (χ1v) is 10.3. The Morgan fingerprint density at radius 3 is 2.74 bits per heavy atom. The SMILES string of the molecule is Cc1cc(C(C)N2Cc3c(ccnc3NC(=O)c3cocn3)C2=O)cnc1OCC(F)(F)C(F)F. The van der Waals surface area contributed by atoms with Crippen molar-refractivity contribution < 1.29 is 36.3 Å². The van der Waals surface area contributed by atoms with Gasteiger partial charge in [0.1, 0.15) is 12.1 Å². The molecule has 35 heavy (non-hydrogen) atoms. The lowest BCUT2D eigenvalue weighted by Gasteiger charge is -2.25. The molecule has 0 spiro atoms. The number of hydrogen-bond acceptors (Lipinski definition) is 7. The number of halogens is 4. The second-order valence-corrected chi connectivity index (χ2v) is 7.86. The van der Waals surface area contributed by atoms with Crippen LogP contribution in [0.1, 0.15) is 50.5 Å². The van der Waals surface area contributed by atoms with Crippen LogP contribution in [-0.4, -0.2) is 50.6 Å². The minimum atomic E-state index is -4.30. The van der Waals surface area contributed by atoms with E-state index in [2.05, 4.69) is 20.3 Å². The minimum absolute atomic E-state index is 0.0501. The number of oxazole rings is 1. The summed E-state index contributed by atoms with van der Waals surface area (Å²) < 4.78 is 60.6. The van der Waals surface area contributed by atoms with Crippen LogP contribution in [0.3, 0.4) is 0 Å². The Morgan fingerprint density at radius 1 is 1.31 bits per heavy atom. The minimum Gasteiger partial charge on any atom is -0.471 e. The van der Waals surface area contributed by atoms with E-state index in [0.717, 1.165) is 6.39 Å². The number of nitrogens with zero attached hydrogens (tertiary/aromatic N) is 4.